The van der Waals surface area contributed by atoms with Crippen LogP contribution in [0.5, 0.6) is 0 Å². The molecule has 8 heteroatoms. The molecular weight excluding hydrogens is 368 g/mol. The number of ether oxygens (including phenoxy) is 2. The van der Waals surface area contributed by atoms with Gasteiger partial charge in [-0.2, -0.15) is 0 Å². The lowest BCUT2D eigenvalue weighted by Gasteiger charge is -2.41. The molecule has 0 aromatic heterocycles. The van der Waals surface area contributed by atoms with Crippen LogP contribution in [0.1, 0.15) is 77.5 Å². The summed E-state index contributed by atoms with van der Waals surface area (Å²) in [6.07, 6.45) is 0. The molecular formula is C20H12O8. The lowest BCUT2D eigenvalue weighted by molar-refractivity contribution is 0.0425. The van der Waals surface area contributed by atoms with Gasteiger partial charge in [-0.3, -0.25) is 0 Å². The Balaban J connectivity index is 1.86. The second kappa shape index (κ2) is 4.73. The molecule has 0 atom stereocenters. The Morgan fingerprint density at radius 1 is 0.571 bits per heavy atom. The van der Waals surface area contributed by atoms with Gasteiger partial charge in [0.1, 0.15) is 11.2 Å². The van der Waals surface area contributed by atoms with Gasteiger partial charge >= 0.3 is 23.9 Å². The van der Waals surface area contributed by atoms with E-state index < -0.39 is 35.1 Å². The number of benzene rings is 2. The van der Waals surface area contributed by atoms with E-state index in [2.05, 4.69) is 9.47 Å². The predicted molar refractivity (Wildman–Crippen MR) is 89.7 cm³/mol. The van der Waals surface area contributed by atoms with Crippen LogP contribution >= 0.6 is 0 Å². The van der Waals surface area contributed by atoms with Crippen LogP contribution in [-0.4, -0.2) is 34.1 Å². The van der Waals surface area contributed by atoms with Gasteiger partial charge in [-0.15, -0.1) is 0 Å². The Labute approximate surface area is 157 Å². The van der Waals surface area contributed by atoms with Crippen molar-refractivity contribution >= 4 is 23.9 Å². The highest BCUT2D eigenvalue weighted by molar-refractivity contribution is 6.16. The van der Waals surface area contributed by atoms with E-state index in [1.807, 2.05) is 0 Å². The molecule has 2 N–H and O–H groups in total. The fraction of sp³-hybridized carbons (Fsp3) is 0.200. The number of hydrogen-bond donors (Lipinski definition) is 2. The minimum Gasteiger partial charge on any atom is -0.386 e. The van der Waals surface area contributed by atoms with Gasteiger partial charge in [0.15, 0.2) is 0 Å². The molecule has 0 bridgehead atoms. The van der Waals surface area contributed by atoms with Crippen molar-refractivity contribution in [2.75, 3.05) is 0 Å². The Bertz CT molecular complexity index is 1010. The molecule has 8 nitrogen and oxygen atoms in total. The Kier molecular flexibility index (Phi) is 2.83. The zero-order valence-electron chi connectivity index (χ0n) is 14.7. The molecule has 2 heterocycles. The molecule has 2 aromatic carbocycles. The highest BCUT2D eigenvalue weighted by atomic mass is 16.6. The minimum absolute atomic E-state index is 0.0148. The van der Waals surface area contributed by atoms with E-state index in [0.29, 0.717) is 0 Å². The zero-order chi connectivity index (χ0) is 20.2. The number of carbonyl (C=O) groups excluding carboxylic acids is 4. The van der Waals surface area contributed by atoms with Crippen LogP contribution in [0.4, 0.5) is 0 Å². The van der Waals surface area contributed by atoms with Crippen molar-refractivity contribution in [2.24, 2.45) is 0 Å². The number of fused-ring (bicyclic) bond motifs is 4. The molecule has 0 saturated carbocycles. The molecule has 0 amide bonds. The lowest BCUT2D eigenvalue weighted by atomic mass is 9.67. The molecule has 0 spiro atoms. The quantitative estimate of drug-likeness (QED) is 0.514. The highest BCUT2D eigenvalue weighted by Crippen LogP contribution is 2.50. The van der Waals surface area contributed by atoms with Gasteiger partial charge in [0.25, 0.3) is 0 Å². The first-order valence-electron chi connectivity index (χ1n) is 8.39. The SMILES string of the molecule is CC1(O)c2cc3c(cc2C(C)(O)c2cc4c(cc21)C(=O)OC4=O)C(=O)OC3=O. The Morgan fingerprint density at radius 3 is 1.00 bits per heavy atom. The molecule has 3 aliphatic rings. The van der Waals surface area contributed by atoms with E-state index in [4.69, 9.17) is 0 Å². The van der Waals surface area contributed by atoms with Gasteiger partial charge in [0.2, 0.25) is 0 Å². The topological polar surface area (TPSA) is 127 Å². The summed E-state index contributed by atoms with van der Waals surface area (Å²) in [5.74, 6) is -3.36. The molecule has 2 aliphatic heterocycles. The summed E-state index contributed by atoms with van der Waals surface area (Å²) in [6.45, 7) is 2.87. The third-order valence-electron chi connectivity index (χ3n) is 5.66. The summed E-state index contributed by atoms with van der Waals surface area (Å²) in [5.41, 5.74) is -2.76. The van der Waals surface area contributed by atoms with Crippen molar-refractivity contribution in [3.05, 3.63) is 68.8 Å². The van der Waals surface area contributed by atoms with E-state index in [0.717, 1.165) is 0 Å². The molecule has 5 rings (SSSR count). The van der Waals surface area contributed by atoms with Crippen molar-refractivity contribution in [3.8, 4) is 0 Å². The van der Waals surface area contributed by atoms with Gasteiger partial charge in [-0.25, -0.2) is 19.2 Å². The number of esters is 4. The average Bonchev–Trinajstić information content (AvgIpc) is 3.07. The normalized spacial score (nSPS) is 27.0. The summed E-state index contributed by atoms with van der Waals surface area (Å²) in [4.78, 5) is 47.7. The molecule has 0 unspecified atom stereocenters. The van der Waals surface area contributed by atoms with E-state index >= 15 is 0 Å². The third-order valence-corrected chi connectivity index (χ3v) is 5.66. The molecule has 2 aromatic rings. The van der Waals surface area contributed by atoms with Crippen LogP contribution in [0, 0.1) is 0 Å². The number of aliphatic hydroxyl groups is 2. The van der Waals surface area contributed by atoms with E-state index in [9.17, 15) is 29.4 Å². The van der Waals surface area contributed by atoms with E-state index in [1.54, 1.807) is 0 Å². The third kappa shape index (κ3) is 1.81. The summed E-state index contributed by atoms with van der Waals surface area (Å²) in [7, 11) is 0. The first-order valence-corrected chi connectivity index (χ1v) is 8.39. The fourth-order valence-corrected chi connectivity index (χ4v) is 4.16. The number of cyclic esters (lactones) is 4. The molecule has 0 saturated heterocycles. The zero-order valence-corrected chi connectivity index (χ0v) is 14.7. The van der Waals surface area contributed by atoms with Crippen LogP contribution < -0.4 is 0 Å². The van der Waals surface area contributed by atoms with Gasteiger partial charge < -0.3 is 19.7 Å². The van der Waals surface area contributed by atoms with Crippen molar-refractivity contribution in [1.82, 2.24) is 0 Å². The van der Waals surface area contributed by atoms with Crippen molar-refractivity contribution in [3.63, 3.8) is 0 Å². The van der Waals surface area contributed by atoms with E-state index in [1.165, 1.54) is 38.1 Å². The van der Waals surface area contributed by atoms with Gasteiger partial charge in [0, 0.05) is 0 Å². The number of rotatable bonds is 0. The monoisotopic (exact) mass is 380 g/mol. The maximum atomic E-state index is 11.9. The summed E-state index contributed by atoms with van der Waals surface area (Å²) < 4.78 is 9.22. The standard InChI is InChI=1S/C20H12O8/c1-19(25)11-3-7-9(17(23)27-15(7)21)5-13(11)20(2,26)14-6-10-8(4-12(14)19)16(22)28-18(10)24/h3-6,25-26H,1-2H3. The predicted octanol–water partition coefficient (Wildman–Crippen LogP) is 1.13. The maximum absolute atomic E-state index is 11.9. The van der Waals surface area contributed by atoms with Crippen LogP contribution in [0.2, 0.25) is 0 Å². The molecule has 0 fully saturated rings. The van der Waals surface area contributed by atoms with Crippen molar-refractivity contribution in [2.45, 2.75) is 25.0 Å². The van der Waals surface area contributed by atoms with Crippen LogP contribution in [-0.2, 0) is 20.7 Å². The largest absolute Gasteiger partial charge is 0.386 e. The summed E-state index contributed by atoms with van der Waals surface area (Å²) in [5, 5.41) is 22.6. The maximum Gasteiger partial charge on any atom is 0.346 e. The molecule has 1 aliphatic carbocycles. The smallest absolute Gasteiger partial charge is 0.346 e. The van der Waals surface area contributed by atoms with Crippen LogP contribution in [0.25, 0.3) is 0 Å². The second-order valence-electron chi connectivity index (χ2n) is 7.39. The van der Waals surface area contributed by atoms with Gasteiger partial charge in [0.05, 0.1) is 22.3 Å². The fourth-order valence-electron chi connectivity index (χ4n) is 4.16. The van der Waals surface area contributed by atoms with Gasteiger partial charge in [-0.1, -0.05) is 0 Å². The number of carbonyl (C=O) groups is 4. The Morgan fingerprint density at radius 2 is 0.786 bits per heavy atom. The lowest BCUT2D eigenvalue weighted by Crippen LogP contribution is -2.40. The molecule has 140 valence electrons. The molecule has 0 radical (unpaired) electrons. The van der Waals surface area contributed by atoms with Crippen molar-refractivity contribution < 1.29 is 38.9 Å². The van der Waals surface area contributed by atoms with Crippen molar-refractivity contribution in [1.29, 1.82) is 0 Å². The summed E-state index contributed by atoms with van der Waals surface area (Å²) >= 11 is 0. The summed E-state index contributed by atoms with van der Waals surface area (Å²) in [6, 6.07) is 5.25. The van der Waals surface area contributed by atoms with Crippen LogP contribution in [0.15, 0.2) is 24.3 Å². The van der Waals surface area contributed by atoms with Crippen LogP contribution in [0.3, 0.4) is 0 Å². The molecule has 28 heavy (non-hydrogen) atoms. The first kappa shape index (κ1) is 16.8. The van der Waals surface area contributed by atoms with E-state index in [-0.39, 0.29) is 44.5 Å². The first-order chi connectivity index (χ1) is 13.0. The second-order valence-corrected chi connectivity index (χ2v) is 7.39. The Hall–Kier alpha value is -3.36. The average molecular weight is 380 g/mol. The highest BCUT2D eigenvalue weighted by Gasteiger charge is 2.48. The number of hydrogen-bond acceptors (Lipinski definition) is 8. The minimum atomic E-state index is -1.73. The van der Waals surface area contributed by atoms with Gasteiger partial charge in [-0.05, 0) is 60.4 Å².